The van der Waals surface area contributed by atoms with E-state index in [1.807, 2.05) is 56.0 Å². The Morgan fingerprint density at radius 1 is 0.891 bits per heavy atom. The first kappa shape index (κ1) is 29.8. The Morgan fingerprint density at radius 2 is 1.61 bits per heavy atom. The number of likely N-dealkylation sites (tertiary alicyclic amines) is 1. The molecule has 246 valence electrons. The number of carbonyl (C=O) groups excluding carboxylic acids is 2. The molecule has 1 aromatic carbocycles. The van der Waals surface area contributed by atoms with E-state index in [2.05, 4.69) is 14.7 Å². The van der Waals surface area contributed by atoms with Crippen molar-refractivity contribution < 1.29 is 19.1 Å². The van der Waals surface area contributed by atoms with Crippen LogP contribution in [0.3, 0.4) is 0 Å². The summed E-state index contributed by atoms with van der Waals surface area (Å²) >= 11 is 0. The Labute approximate surface area is 271 Å². The van der Waals surface area contributed by atoms with Gasteiger partial charge in [0.15, 0.2) is 0 Å². The van der Waals surface area contributed by atoms with Crippen LogP contribution in [-0.4, -0.2) is 107 Å². The summed E-state index contributed by atoms with van der Waals surface area (Å²) in [6.07, 6.45) is 3.52. The van der Waals surface area contributed by atoms with Gasteiger partial charge in [0, 0.05) is 63.8 Å². The number of benzene rings is 1. The molecule has 0 N–H and O–H groups in total. The van der Waals surface area contributed by atoms with Gasteiger partial charge in [-0.2, -0.15) is 4.98 Å². The SMILES string of the molecule is CC(C)(C)OC(=O)N1[C@@H]2CC[C@H]1CN(c1nc(N3CC(CN4CC5CC5C4)C3)nc3c1CCN(C(=O)OCc1ccccc1)C3)C2. The molecule has 46 heavy (non-hydrogen) atoms. The number of carbonyl (C=O) groups is 2. The quantitative estimate of drug-likeness (QED) is 0.467. The molecule has 1 aromatic heterocycles. The monoisotopic (exact) mass is 629 g/mol. The first-order valence-corrected chi connectivity index (χ1v) is 17.3. The maximum atomic E-state index is 13.2. The molecule has 6 aliphatic rings. The number of fused-ring (bicyclic) bond motifs is 4. The van der Waals surface area contributed by atoms with Crippen LogP contribution < -0.4 is 9.80 Å². The predicted molar refractivity (Wildman–Crippen MR) is 174 cm³/mol. The maximum absolute atomic E-state index is 13.2. The molecule has 2 amide bonds. The van der Waals surface area contributed by atoms with Gasteiger partial charge < -0.3 is 29.1 Å². The van der Waals surface area contributed by atoms with Crippen LogP contribution in [0.2, 0.25) is 0 Å². The van der Waals surface area contributed by atoms with Gasteiger partial charge in [-0.15, -0.1) is 0 Å². The third kappa shape index (κ3) is 5.98. The minimum Gasteiger partial charge on any atom is -0.445 e. The van der Waals surface area contributed by atoms with Crippen molar-refractivity contribution in [2.75, 3.05) is 62.2 Å². The third-order valence-corrected chi connectivity index (χ3v) is 10.7. The Morgan fingerprint density at radius 3 is 2.30 bits per heavy atom. The second-order valence-corrected chi connectivity index (χ2v) is 15.4. The highest BCUT2D eigenvalue weighted by Gasteiger charge is 2.47. The summed E-state index contributed by atoms with van der Waals surface area (Å²) in [5, 5.41) is 0. The zero-order chi connectivity index (χ0) is 31.6. The molecule has 5 fully saturated rings. The molecule has 1 saturated carbocycles. The second-order valence-electron chi connectivity index (χ2n) is 15.4. The summed E-state index contributed by atoms with van der Waals surface area (Å²) in [5.41, 5.74) is 2.48. The fourth-order valence-electron chi connectivity index (χ4n) is 8.31. The van der Waals surface area contributed by atoms with Crippen molar-refractivity contribution >= 4 is 24.0 Å². The number of anilines is 2. The summed E-state index contributed by atoms with van der Waals surface area (Å²) in [7, 11) is 0. The normalized spacial score (nSPS) is 27.3. The zero-order valence-corrected chi connectivity index (χ0v) is 27.4. The van der Waals surface area contributed by atoms with Crippen LogP contribution in [0.1, 0.15) is 56.9 Å². The Kier molecular flexibility index (Phi) is 7.49. The van der Waals surface area contributed by atoms with E-state index in [1.54, 1.807) is 4.90 Å². The number of rotatable bonds is 6. The summed E-state index contributed by atoms with van der Waals surface area (Å²) in [6.45, 7) is 14.1. The number of ether oxygens (including phenoxy) is 2. The largest absolute Gasteiger partial charge is 0.445 e. The van der Waals surface area contributed by atoms with Gasteiger partial charge in [0.1, 0.15) is 18.0 Å². The van der Waals surface area contributed by atoms with E-state index >= 15 is 0 Å². The zero-order valence-electron chi connectivity index (χ0n) is 27.4. The second kappa shape index (κ2) is 11.6. The van der Waals surface area contributed by atoms with Crippen LogP contribution in [0.25, 0.3) is 0 Å². The van der Waals surface area contributed by atoms with Crippen molar-refractivity contribution in [1.82, 2.24) is 24.7 Å². The van der Waals surface area contributed by atoms with Gasteiger partial charge in [-0.05, 0) is 63.9 Å². The van der Waals surface area contributed by atoms with Crippen LogP contribution in [0.4, 0.5) is 21.4 Å². The van der Waals surface area contributed by atoms with Crippen molar-refractivity contribution in [3.63, 3.8) is 0 Å². The van der Waals surface area contributed by atoms with Crippen molar-refractivity contribution in [3.05, 3.63) is 47.2 Å². The van der Waals surface area contributed by atoms with Gasteiger partial charge in [-0.25, -0.2) is 14.6 Å². The van der Waals surface area contributed by atoms with Crippen molar-refractivity contribution in [2.24, 2.45) is 17.8 Å². The molecule has 8 rings (SSSR count). The number of aromatic nitrogens is 2. The van der Waals surface area contributed by atoms with Gasteiger partial charge in [0.2, 0.25) is 5.95 Å². The first-order chi connectivity index (χ1) is 22.2. The lowest BCUT2D eigenvalue weighted by molar-refractivity contribution is 0.0122. The molecule has 0 spiro atoms. The number of hydrogen-bond acceptors (Lipinski definition) is 9. The average Bonchev–Trinajstić information content (AvgIpc) is 3.52. The molecule has 4 atom stereocenters. The van der Waals surface area contributed by atoms with Crippen LogP contribution in [-0.2, 0) is 29.0 Å². The van der Waals surface area contributed by atoms with Crippen molar-refractivity contribution in [3.8, 4) is 0 Å². The minimum atomic E-state index is -0.521. The van der Waals surface area contributed by atoms with E-state index in [4.69, 9.17) is 19.4 Å². The van der Waals surface area contributed by atoms with E-state index in [-0.39, 0.29) is 30.9 Å². The van der Waals surface area contributed by atoms with Gasteiger partial charge in [0.05, 0.1) is 24.3 Å². The van der Waals surface area contributed by atoms with Gasteiger partial charge in [0.25, 0.3) is 0 Å². The van der Waals surface area contributed by atoms with E-state index in [0.717, 1.165) is 86.0 Å². The van der Waals surface area contributed by atoms with Crippen molar-refractivity contribution in [2.45, 2.75) is 77.3 Å². The van der Waals surface area contributed by atoms with Crippen LogP contribution in [0.5, 0.6) is 0 Å². The smallest absolute Gasteiger partial charge is 0.410 e. The number of nitrogens with zero attached hydrogens (tertiary/aromatic N) is 7. The highest BCUT2D eigenvalue weighted by atomic mass is 16.6. The molecule has 11 nitrogen and oxygen atoms in total. The van der Waals surface area contributed by atoms with Crippen LogP contribution in [0.15, 0.2) is 30.3 Å². The molecule has 4 saturated heterocycles. The van der Waals surface area contributed by atoms with E-state index in [1.165, 1.54) is 19.5 Å². The molecular formula is C35H47N7O4. The molecule has 2 bridgehead atoms. The summed E-state index contributed by atoms with van der Waals surface area (Å²) in [5.74, 6) is 4.28. The lowest BCUT2D eigenvalue weighted by atomic mass is 9.99. The van der Waals surface area contributed by atoms with Crippen LogP contribution >= 0.6 is 0 Å². The molecule has 0 radical (unpaired) electrons. The highest BCUT2D eigenvalue weighted by Crippen LogP contribution is 2.45. The highest BCUT2D eigenvalue weighted by molar-refractivity contribution is 5.71. The van der Waals surface area contributed by atoms with Crippen LogP contribution in [0, 0.1) is 17.8 Å². The van der Waals surface area contributed by atoms with E-state index in [9.17, 15) is 9.59 Å². The summed E-state index contributed by atoms with van der Waals surface area (Å²) in [4.78, 5) is 47.8. The standard InChI is InChI=1S/C35H47N7O4/c1-35(2,3)46-34(44)42-27-9-10-28(42)20-40(19-27)31-29-11-12-39(33(43)45-22-23-7-5-4-6-8-23)21-30(29)36-32(37-31)41-15-24(16-41)14-38-17-25-13-26(25)18-38/h4-8,24-28H,9-22H2,1-3H3/t25?,26?,27-,28+. The fraction of sp³-hybridized carbons (Fsp3) is 0.657. The molecule has 5 aliphatic heterocycles. The van der Waals surface area contributed by atoms with E-state index in [0.29, 0.717) is 25.4 Å². The Hall–Kier alpha value is -3.60. The predicted octanol–water partition coefficient (Wildman–Crippen LogP) is 4.15. The number of piperidine rings is 1. The molecule has 1 aliphatic carbocycles. The summed E-state index contributed by atoms with van der Waals surface area (Å²) in [6, 6.07) is 9.98. The molecule has 2 unspecified atom stereocenters. The number of piperazine rings is 1. The number of hydrogen-bond donors (Lipinski definition) is 0. The minimum absolute atomic E-state index is 0.0933. The van der Waals surface area contributed by atoms with Crippen molar-refractivity contribution in [1.29, 1.82) is 0 Å². The first-order valence-electron chi connectivity index (χ1n) is 17.3. The van der Waals surface area contributed by atoms with Gasteiger partial charge in [-0.3, -0.25) is 4.90 Å². The molecular weight excluding hydrogens is 582 g/mol. The van der Waals surface area contributed by atoms with Gasteiger partial charge >= 0.3 is 12.2 Å². The number of amides is 2. The maximum Gasteiger partial charge on any atom is 0.410 e. The lowest BCUT2D eigenvalue weighted by Crippen LogP contribution is -2.57. The average molecular weight is 630 g/mol. The molecule has 2 aromatic rings. The molecule has 11 heteroatoms. The Bertz CT molecular complexity index is 1450. The topological polar surface area (TPSA) is 94.6 Å². The molecule has 6 heterocycles. The Balaban J connectivity index is 1.00. The van der Waals surface area contributed by atoms with Gasteiger partial charge in [-0.1, -0.05) is 30.3 Å². The van der Waals surface area contributed by atoms with E-state index < -0.39 is 5.60 Å². The lowest BCUT2D eigenvalue weighted by Gasteiger charge is -2.44. The third-order valence-electron chi connectivity index (χ3n) is 10.7. The fourth-order valence-corrected chi connectivity index (χ4v) is 8.31. The summed E-state index contributed by atoms with van der Waals surface area (Å²) < 4.78 is 11.5.